The van der Waals surface area contributed by atoms with Crippen molar-refractivity contribution in [2.75, 3.05) is 6.61 Å². The molecule has 0 aromatic carbocycles. The molecule has 2 nitrogen and oxygen atoms in total. The molecule has 16 heavy (non-hydrogen) atoms. The predicted molar refractivity (Wildman–Crippen MR) is 71.4 cm³/mol. The van der Waals surface area contributed by atoms with Crippen LogP contribution in [0.2, 0.25) is 0 Å². The van der Waals surface area contributed by atoms with Gasteiger partial charge in [0, 0.05) is 6.92 Å². The van der Waals surface area contributed by atoms with E-state index in [4.69, 9.17) is 34.8 Å². The summed E-state index contributed by atoms with van der Waals surface area (Å²) in [6.07, 6.45) is 9.00. The van der Waals surface area contributed by atoms with Crippen LogP contribution in [0.25, 0.3) is 0 Å². The number of carbonyl (C=O) groups is 1. The van der Waals surface area contributed by atoms with E-state index in [1.165, 1.54) is 45.4 Å². The standard InChI is InChI=1S/C6H12.C4H8O2.CHCl3/c1-2-4-6-5-3-1;1-3-6-4(2)5;2-1(3)4/h1-6H2;3H2,1-2H3;1H. The molecule has 0 aromatic heterocycles. The van der Waals surface area contributed by atoms with E-state index in [1.54, 1.807) is 6.92 Å². The first-order valence-corrected chi connectivity index (χ1v) is 6.87. The second-order valence-electron chi connectivity index (χ2n) is 3.29. The fourth-order valence-corrected chi connectivity index (χ4v) is 1.26. The van der Waals surface area contributed by atoms with Crippen LogP contribution in [0.4, 0.5) is 0 Å². The first-order valence-electron chi connectivity index (χ1n) is 5.56. The van der Waals surface area contributed by atoms with Crippen LogP contribution in [0.1, 0.15) is 52.4 Å². The topological polar surface area (TPSA) is 26.3 Å². The van der Waals surface area contributed by atoms with E-state index in [9.17, 15) is 4.79 Å². The van der Waals surface area contributed by atoms with E-state index in [0.717, 1.165) is 0 Å². The molecule has 0 aliphatic heterocycles. The molecule has 1 fully saturated rings. The Balaban J connectivity index is 0. The fraction of sp³-hybridized carbons (Fsp3) is 0.909. The summed E-state index contributed by atoms with van der Waals surface area (Å²) in [5.74, 6) is -0.211. The largest absolute Gasteiger partial charge is 0.466 e. The summed E-state index contributed by atoms with van der Waals surface area (Å²) >= 11 is 14.4. The Labute approximate surface area is 114 Å². The van der Waals surface area contributed by atoms with Gasteiger partial charge in [0.1, 0.15) is 0 Å². The van der Waals surface area contributed by atoms with Crippen LogP contribution in [-0.4, -0.2) is 16.9 Å². The van der Waals surface area contributed by atoms with Gasteiger partial charge in [-0.15, -0.1) is 0 Å². The first-order chi connectivity index (χ1) is 7.50. The Morgan fingerprint density at radius 1 is 1.06 bits per heavy atom. The molecule has 98 valence electrons. The highest BCUT2D eigenvalue weighted by molar-refractivity contribution is 6.63. The summed E-state index contributed by atoms with van der Waals surface area (Å²) in [7, 11) is 0. The minimum Gasteiger partial charge on any atom is -0.466 e. The SMILES string of the molecule is C1CCCCC1.CCOC(C)=O.ClC(Cl)Cl. The van der Waals surface area contributed by atoms with Gasteiger partial charge in [-0.25, -0.2) is 0 Å². The summed E-state index contributed by atoms with van der Waals surface area (Å²) < 4.78 is 3.65. The number of rotatable bonds is 1. The van der Waals surface area contributed by atoms with Crippen molar-refractivity contribution in [1.82, 2.24) is 0 Å². The van der Waals surface area contributed by atoms with Gasteiger partial charge in [0.15, 0.2) is 4.30 Å². The van der Waals surface area contributed by atoms with Crippen molar-refractivity contribution in [1.29, 1.82) is 0 Å². The molecule has 1 rings (SSSR count). The lowest BCUT2D eigenvalue weighted by Crippen LogP contribution is -1.95. The zero-order chi connectivity index (χ0) is 12.8. The minimum absolute atomic E-state index is 0.211. The summed E-state index contributed by atoms with van der Waals surface area (Å²) in [4.78, 5) is 9.82. The second kappa shape index (κ2) is 15.3. The Morgan fingerprint density at radius 3 is 1.38 bits per heavy atom. The molecule has 0 aromatic rings. The maximum absolute atomic E-state index is 9.82. The van der Waals surface area contributed by atoms with Crippen molar-refractivity contribution in [2.24, 2.45) is 0 Å². The van der Waals surface area contributed by atoms with Crippen molar-refractivity contribution < 1.29 is 9.53 Å². The summed E-state index contributed by atoms with van der Waals surface area (Å²) in [5.41, 5.74) is 0. The molecule has 0 radical (unpaired) electrons. The van der Waals surface area contributed by atoms with Gasteiger partial charge in [0.05, 0.1) is 6.61 Å². The van der Waals surface area contributed by atoms with Crippen LogP contribution in [0, 0.1) is 0 Å². The smallest absolute Gasteiger partial charge is 0.302 e. The molecule has 0 atom stereocenters. The molecule has 1 aliphatic rings. The van der Waals surface area contributed by atoms with Gasteiger partial charge >= 0.3 is 5.97 Å². The van der Waals surface area contributed by atoms with Gasteiger partial charge in [-0.1, -0.05) is 73.3 Å². The van der Waals surface area contributed by atoms with Gasteiger partial charge in [-0.2, -0.15) is 0 Å². The molecule has 0 saturated heterocycles. The Kier molecular flexibility index (Phi) is 17.9. The number of ether oxygens (including phenoxy) is 1. The summed E-state index contributed by atoms with van der Waals surface area (Å²) in [6, 6.07) is 0. The van der Waals surface area contributed by atoms with Gasteiger partial charge in [-0.3, -0.25) is 4.79 Å². The zero-order valence-corrected chi connectivity index (χ0v) is 12.2. The summed E-state index contributed by atoms with van der Waals surface area (Å²) in [5, 5.41) is 0. The van der Waals surface area contributed by atoms with Crippen LogP contribution in [-0.2, 0) is 9.53 Å². The quantitative estimate of drug-likeness (QED) is 0.507. The lowest BCUT2D eigenvalue weighted by molar-refractivity contribution is -0.140. The molecule has 0 bridgehead atoms. The van der Waals surface area contributed by atoms with E-state index in [2.05, 4.69) is 4.74 Å². The highest BCUT2D eigenvalue weighted by atomic mass is 35.6. The molecular formula is C11H21Cl3O2. The van der Waals surface area contributed by atoms with Crippen LogP contribution in [0.15, 0.2) is 0 Å². The molecule has 1 aliphatic carbocycles. The van der Waals surface area contributed by atoms with Crippen molar-refractivity contribution in [2.45, 2.75) is 56.7 Å². The van der Waals surface area contributed by atoms with Gasteiger partial charge in [-0.05, 0) is 6.92 Å². The average Bonchev–Trinajstić information content (AvgIpc) is 2.20. The van der Waals surface area contributed by atoms with Crippen LogP contribution >= 0.6 is 34.8 Å². The lowest BCUT2D eigenvalue weighted by Gasteiger charge is -2.05. The van der Waals surface area contributed by atoms with Crippen LogP contribution in [0.5, 0.6) is 0 Å². The average molecular weight is 292 g/mol. The van der Waals surface area contributed by atoms with Crippen molar-refractivity contribution in [3.05, 3.63) is 0 Å². The van der Waals surface area contributed by atoms with E-state index >= 15 is 0 Å². The first kappa shape index (κ1) is 18.7. The summed E-state index contributed by atoms with van der Waals surface area (Å²) in [6.45, 7) is 3.65. The zero-order valence-electron chi connectivity index (χ0n) is 9.98. The Morgan fingerprint density at radius 2 is 1.31 bits per heavy atom. The molecule has 1 saturated carbocycles. The third-order valence-corrected chi connectivity index (χ3v) is 1.85. The normalized spacial score (nSPS) is 14.1. The third-order valence-electron chi connectivity index (χ3n) is 1.85. The number of carbonyl (C=O) groups excluding carboxylic acids is 1. The molecular weight excluding hydrogens is 270 g/mol. The minimum atomic E-state index is -0.750. The van der Waals surface area contributed by atoms with E-state index < -0.39 is 4.30 Å². The number of esters is 1. The number of hydrogen-bond donors (Lipinski definition) is 0. The van der Waals surface area contributed by atoms with E-state index in [1.807, 2.05) is 0 Å². The van der Waals surface area contributed by atoms with E-state index in [-0.39, 0.29) is 5.97 Å². The maximum Gasteiger partial charge on any atom is 0.302 e. The molecule has 5 heteroatoms. The molecule has 0 heterocycles. The fourth-order valence-electron chi connectivity index (χ4n) is 1.26. The molecule has 0 amide bonds. The highest BCUT2D eigenvalue weighted by Gasteiger charge is 1.95. The Hall–Kier alpha value is 0.340. The monoisotopic (exact) mass is 290 g/mol. The van der Waals surface area contributed by atoms with E-state index in [0.29, 0.717) is 6.61 Å². The van der Waals surface area contributed by atoms with Gasteiger partial charge in [0.25, 0.3) is 0 Å². The van der Waals surface area contributed by atoms with Gasteiger partial charge in [0.2, 0.25) is 0 Å². The Bertz CT molecular complexity index is 134. The molecule has 0 unspecified atom stereocenters. The maximum atomic E-state index is 9.82. The van der Waals surface area contributed by atoms with Crippen molar-refractivity contribution in [3.8, 4) is 0 Å². The number of alkyl halides is 3. The number of hydrogen-bond acceptors (Lipinski definition) is 2. The van der Waals surface area contributed by atoms with Crippen LogP contribution < -0.4 is 0 Å². The van der Waals surface area contributed by atoms with Crippen LogP contribution in [0.3, 0.4) is 0 Å². The molecule has 0 N–H and O–H groups in total. The molecule has 0 spiro atoms. The predicted octanol–water partition coefficient (Wildman–Crippen LogP) is 4.90. The van der Waals surface area contributed by atoms with Crippen molar-refractivity contribution >= 4 is 40.8 Å². The van der Waals surface area contributed by atoms with Gasteiger partial charge < -0.3 is 4.74 Å². The number of halogens is 3. The third kappa shape index (κ3) is 29.3. The second-order valence-corrected chi connectivity index (χ2v) is 5.27. The lowest BCUT2D eigenvalue weighted by atomic mass is 10.0. The van der Waals surface area contributed by atoms with Crippen molar-refractivity contribution in [3.63, 3.8) is 0 Å². The highest BCUT2D eigenvalue weighted by Crippen LogP contribution is 2.15.